The third-order valence-corrected chi connectivity index (χ3v) is 6.89. The summed E-state index contributed by atoms with van der Waals surface area (Å²) in [6, 6.07) is 18.0. The molecular weight excluding hydrogens is 510 g/mol. The summed E-state index contributed by atoms with van der Waals surface area (Å²) in [6.07, 6.45) is -0.348. The number of aliphatic hydroxyl groups is 1. The third-order valence-electron chi connectivity index (χ3n) is 6.40. The molecule has 0 bridgehead atoms. The predicted octanol–water partition coefficient (Wildman–Crippen LogP) is 5.60. The molecule has 0 saturated heterocycles. The van der Waals surface area contributed by atoms with Gasteiger partial charge in [-0.3, -0.25) is 9.59 Å². The van der Waals surface area contributed by atoms with Crippen LogP contribution in [0.2, 0.25) is 0 Å². The summed E-state index contributed by atoms with van der Waals surface area (Å²) in [7, 11) is 3.11. The van der Waals surface area contributed by atoms with Gasteiger partial charge in [0.1, 0.15) is 0 Å². The van der Waals surface area contributed by atoms with E-state index in [0.29, 0.717) is 38.7 Å². The van der Waals surface area contributed by atoms with Gasteiger partial charge in [0.15, 0.2) is 22.9 Å². The Balaban J connectivity index is 1.66. The van der Waals surface area contributed by atoms with Gasteiger partial charge >= 0.3 is 0 Å². The van der Waals surface area contributed by atoms with Gasteiger partial charge in [0.05, 0.1) is 32.9 Å². The number of hydrogen-bond donors (Lipinski definition) is 1. The quantitative estimate of drug-likeness (QED) is 0.378. The van der Waals surface area contributed by atoms with E-state index in [-0.39, 0.29) is 18.7 Å². The first-order valence-corrected chi connectivity index (χ1v) is 12.2. The van der Waals surface area contributed by atoms with E-state index in [9.17, 15) is 14.7 Å². The molecule has 6 nitrogen and oxygen atoms in total. The van der Waals surface area contributed by atoms with Crippen LogP contribution < -0.4 is 14.4 Å². The van der Waals surface area contributed by atoms with Crippen molar-refractivity contribution in [2.45, 2.75) is 38.3 Å². The van der Waals surface area contributed by atoms with Crippen LogP contribution in [0, 0.1) is 0 Å². The van der Waals surface area contributed by atoms with Gasteiger partial charge in [0, 0.05) is 15.6 Å². The summed E-state index contributed by atoms with van der Waals surface area (Å²) in [5.74, 6) is 0.638. The first-order valence-electron chi connectivity index (χ1n) is 11.4. The monoisotopic (exact) mass is 537 g/mol. The number of rotatable bonds is 8. The largest absolute Gasteiger partial charge is 0.493 e. The second-order valence-corrected chi connectivity index (χ2v) is 9.89. The highest BCUT2D eigenvalue weighted by Gasteiger charge is 2.51. The Morgan fingerprint density at radius 2 is 1.69 bits per heavy atom. The topological polar surface area (TPSA) is 76.1 Å². The number of carbonyl (C=O) groups excluding carboxylic acids is 2. The Bertz CT molecular complexity index is 1270. The van der Waals surface area contributed by atoms with Crippen molar-refractivity contribution in [1.82, 2.24) is 0 Å². The van der Waals surface area contributed by atoms with Crippen LogP contribution in [0.1, 0.15) is 53.2 Å². The summed E-state index contributed by atoms with van der Waals surface area (Å²) in [4.78, 5) is 28.3. The van der Waals surface area contributed by atoms with Crippen molar-refractivity contribution in [2.75, 3.05) is 19.1 Å². The number of ether oxygens (including phenoxy) is 2. The normalized spacial score (nSPS) is 17.0. The molecule has 1 N–H and O–H groups in total. The molecule has 3 aromatic rings. The number of fused-ring (bicyclic) bond motifs is 1. The standard InChI is InChI=1S/C28H28BrNO5/c1-17(2)19-6-8-20(9-7-19)24(31)15-28(33)22-14-21(29)10-11-23(22)30(27(28)32)16-18-5-12-25(34-3)26(13-18)35-4/h5-14,17,33H,15-16H2,1-4H3. The van der Waals surface area contributed by atoms with Crippen LogP contribution >= 0.6 is 15.9 Å². The Morgan fingerprint density at radius 1 is 1.00 bits per heavy atom. The lowest BCUT2D eigenvalue weighted by Crippen LogP contribution is -2.41. The molecule has 3 aromatic carbocycles. The van der Waals surface area contributed by atoms with E-state index in [0.717, 1.165) is 11.1 Å². The van der Waals surface area contributed by atoms with Gasteiger partial charge < -0.3 is 19.5 Å². The van der Waals surface area contributed by atoms with Crippen LogP contribution in [0.3, 0.4) is 0 Å². The highest BCUT2D eigenvalue weighted by Crippen LogP contribution is 2.45. The van der Waals surface area contributed by atoms with Gasteiger partial charge in [-0.15, -0.1) is 0 Å². The zero-order valence-electron chi connectivity index (χ0n) is 20.2. The van der Waals surface area contributed by atoms with Crippen molar-refractivity contribution in [3.05, 3.63) is 87.4 Å². The highest BCUT2D eigenvalue weighted by atomic mass is 79.9. The molecule has 35 heavy (non-hydrogen) atoms. The Labute approximate surface area is 213 Å². The first kappa shape index (κ1) is 24.9. The number of Topliss-reactive ketones (excluding diaryl/α,β-unsaturated/α-hetero) is 1. The number of ketones is 1. The van der Waals surface area contributed by atoms with E-state index in [1.807, 2.05) is 24.3 Å². The van der Waals surface area contributed by atoms with Crippen LogP contribution in [0.25, 0.3) is 0 Å². The smallest absolute Gasteiger partial charge is 0.264 e. The van der Waals surface area contributed by atoms with Crippen LogP contribution in [-0.4, -0.2) is 31.0 Å². The second kappa shape index (κ2) is 9.84. The number of carbonyl (C=O) groups is 2. The fourth-order valence-electron chi connectivity index (χ4n) is 4.40. The van der Waals surface area contributed by atoms with Crippen molar-refractivity contribution in [3.63, 3.8) is 0 Å². The SMILES string of the molecule is COc1ccc(CN2C(=O)C(O)(CC(=O)c3ccc(C(C)C)cc3)c3cc(Br)ccc32)cc1OC. The molecule has 1 amide bonds. The van der Waals surface area contributed by atoms with Crippen molar-refractivity contribution >= 4 is 33.3 Å². The van der Waals surface area contributed by atoms with Crippen LogP contribution in [0.5, 0.6) is 11.5 Å². The minimum Gasteiger partial charge on any atom is -0.493 e. The lowest BCUT2D eigenvalue weighted by atomic mass is 9.87. The molecule has 1 aliphatic heterocycles. The number of anilines is 1. The zero-order valence-corrected chi connectivity index (χ0v) is 21.8. The van der Waals surface area contributed by atoms with Gasteiger partial charge in [0.25, 0.3) is 5.91 Å². The maximum absolute atomic E-state index is 13.6. The molecule has 0 saturated carbocycles. The van der Waals surface area contributed by atoms with Crippen molar-refractivity contribution in [3.8, 4) is 11.5 Å². The molecule has 0 aliphatic carbocycles. The van der Waals surface area contributed by atoms with E-state index < -0.39 is 11.5 Å². The predicted molar refractivity (Wildman–Crippen MR) is 138 cm³/mol. The molecule has 0 spiro atoms. The lowest BCUT2D eigenvalue weighted by Gasteiger charge is -2.23. The highest BCUT2D eigenvalue weighted by molar-refractivity contribution is 9.10. The molecule has 0 aromatic heterocycles. The van der Waals surface area contributed by atoms with Crippen LogP contribution in [-0.2, 0) is 16.9 Å². The van der Waals surface area contributed by atoms with Gasteiger partial charge in [-0.25, -0.2) is 0 Å². The molecule has 1 aliphatic rings. The van der Waals surface area contributed by atoms with E-state index >= 15 is 0 Å². The molecule has 7 heteroatoms. The molecular formula is C28H28BrNO5. The number of halogens is 1. The van der Waals surface area contributed by atoms with Crippen molar-refractivity contribution in [2.24, 2.45) is 0 Å². The number of hydrogen-bond acceptors (Lipinski definition) is 5. The fraction of sp³-hybridized carbons (Fsp3) is 0.286. The van der Waals surface area contributed by atoms with Crippen LogP contribution in [0.4, 0.5) is 5.69 Å². The number of amides is 1. The Kier molecular flexibility index (Phi) is 7.01. The van der Waals surface area contributed by atoms with E-state index in [2.05, 4.69) is 29.8 Å². The van der Waals surface area contributed by atoms with E-state index in [4.69, 9.17) is 9.47 Å². The van der Waals surface area contributed by atoms with Gasteiger partial charge in [-0.05, 0) is 47.4 Å². The summed E-state index contributed by atoms with van der Waals surface area (Å²) < 4.78 is 11.4. The molecule has 1 unspecified atom stereocenters. The average molecular weight is 538 g/mol. The van der Waals surface area contributed by atoms with E-state index in [1.54, 1.807) is 50.6 Å². The third kappa shape index (κ3) is 4.70. The number of methoxy groups -OCH3 is 2. The minimum atomic E-state index is -1.97. The Hall–Kier alpha value is -3.16. The number of benzene rings is 3. The molecule has 182 valence electrons. The molecule has 4 rings (SSSR count). The maximum atomic E-state index is 13.6. The summed E-state index contributed by atoms with van der Waals surface area (Å²) >= 11 is 3.43. The van der Waals surface area contributed by atoms with Gasteiger partial charge in [-0.1, -0.05) is 60.1 Å². The Morgan fingerprint density at radius 3 is 2.31 bits per heavy atom. The second-order valence-electron chi connectivity index (χ2n) is 8.98. The molecule has 0 fully saturated rings. The first-order chi connectivity index (χ1) is 16.7. The summed E-state index contributed by atoms with van der Waals surface area (Å²) in [5.41, 5.74) is 1.38. The van der Waals surface area contributed by atoms with Gasteiger partial charge in [0.2, 0.25) is 0 Å². The van der Waals surface area contributed by atoms with Crippen molar-refractivity contribution < 1.29 is 24.2 Å². The number of nitrogens with zero attached hydrogens (tertiary/aromatic N) is 1. The summed E-state index contributed by atoms with van der Waals surface area (Å²) in [6.45, 7) is 4.37. The zero-order chi connectivity index (χ0) is 25.3. The van der Waals surface area contributed by atoms with E-state index in [1.165, 1.54) is 4.90 Å². The average Bonchev–Trinajstić information content (AvgIpc) is 3.05. The van der Waals surface area contributed by atoms with Crippen molar-refractivity contribution in [1.29, 1.82) is 0 Å². The van der Waals surface area contributed by atoms with Crippen LogP contribution in [0.15, 0.2) is 65.1 Å². The minimum absolute atomic E-state index is 0.202. The fourth-order valence-corrected chi connectivity index (χ4v) is 4.76. The molecule has 1 heterocycles. The molecule has 1 atom stereocenters. The lowest BCUT2D eigenvalue weighted by molar-refractivity contribution is -0.136. The summed E-state index contributed by atoms with van der Waals surface area (Å²) in [5, 5.41) is 11.7. The molecule has 0 radical (unpaired) electrons. The maximum Gasteiger partial charge on any atom is 0.264 e. The van der Waals surface area contributed by atoms with Gasteiger partial charge in [-0.2, -0.15) is 0 Å².